The van der Waals surface area contributed by atoms with Crippen LogP contribution < -0.4 is 19.7 Å². The molecule has 1 saturated heterocycles. The predicted molar refractivity (Wildman–Crippen MR) is 118 cm³/mol. The monoisotopic (exact) mass is 431 g/mol. The number of urea groups is 1. The zero-order valence-electron chi connectivity index (χ0n) is 17.7. The van der Waals surface area contributed by atoms with E-state index in [4.69, 9.17) is 14.7 Å². The highest BCUT2D eigenvalue weighted by atomic mass is 16.5. The molecule has 162 valence electrons. The molecule has 32 heavy (non-hydrogen) atoms. The zero-order valence-corrected chi connectivity index (χ0v) is 17.7. The smallest absolute Gasteiger partial charge is 0.335 e. The minimum atomic E-state index is -0.814. The number of anilines is 1. The van der Waals surface area contributed by atoms with Crippen LogP contribution in [0, 0.1) is 18.3 Å². The molecule has 0 saturated carbocycles. The van der Waals surface area contributed by atoms with Gasteiger partial charge in [-0.3, -0.25) is 14.9 Å². The number of amides is 4. The highest BCUT2D eigenvalue weighted by molar-refractivity contribution is 6.39. The molecule has 8 heteroatoms. The third-order valence-electron chi connectivity index (χ3n) is 4.72. The minimum absolute atomic E-state index is 0.171. The van der Waals surface area contributed by atoms with Crippen LogP contribution in [-0.2, 0) is 16.0 Å². The first-order valence-corrected chi connectivity index (χ1v) is 9.69. The number of nitrogens with one attached hydrogen (secondary N) is 1. The molecule has 1 aliphatic rings. The van der Waals surface area contributed by atoms with Gasteiger partial charge in [0.1, 0.15) is 11.6 Å². The summed E-state index contributed by atoms with van der Waals surface area (Å²) in [6, 6.07) is 11.2. The number of methoxy groups -OCH3 is 1. The lowest BCUT2D eigenvalue weighted by atomic mass is 10.0. The molecule has 0 spiro atoms. The van der Waals surface area contributed by atoms with Gasteiger partial charge in [-0.25, -0.2) is 9.69 Å². The standard InChI is InChI=1S/C24H21N3O5/c1-4-5-17-12-16(14-20(31-3)21(17)32-11-10-25)13-19-22(28)26-24(30)27(23(19)29)18-8-6-15(2)7-9-18/h4,6-9,12-14H,1,5,11H2,2-3H3,(H,26,28,30)/b19-13+. The number of allylic oxidation sites excluding steroid dienone is 1. The van der Waals surface area contributed by atoms with Gasteiger partial charge in [-0.1, -0.05) is 23.8 Å². The first-order valence-electron chi connectivity index (χ1n) is 9.69. The lowest BCUT2D eigenvalue weighted by molar-refractivity contribution is -0.122. The molecule has 8 nitrogen and oxygen atoms in total. The van der Waals surface area contributed by atoms with E-state index in [9.17, 15) is 14.4 Å². The Morgan fingerprint density at radius 2 is 1.91 bits per heavy atom. The molecule has 0 radical (unpaired) electrons. The topological polar surface area (TPSA) is 109 Å². The van der Waals surface area contributed by atoms with E-state index < -0.39 is 17.8 Å². The molecule has 0 aromatic heterocycles. The Kier molecular flexibility index (Phi) is 6.71. The Morgan fingerprint density at radius 1 is 1.19 bits per heavy atom. The van der Waals surface area contributed by atoms with E-state index in [1.54, 1.807) is 42.5 Å². The summed E-state index contributed by atoms with van der Waals surface area (Å²) in [7, 11) is 1.44. The van der Waals surface area contributed by atoms with Crippen molar-refractivity contribution >= 4 is 29.6 Å². The summed E-state index contributed by atoms with van der Waals surface area (Å²) < 4.78 is 10.9. The van der Waals surface area contributed by atoms with Crippen molar-refractivity contribution in [1.82, 2.24) is 5.32 Å². The molecular formula is C24H21N3O5. The molecule has 3 rings (SSSR count). The quantitative estimate of drug-likeness (QED) is 0.409. The number of barbiturate groups is 1. The highest BCUT2D eigenvalue weighted by Crippen LogP contribution is 2.34. The van der Waals surface area contributed by atoms with Crippen LogP contribution in [0.4, 0.5) is 10.5 Å². The van der Waals surface area contributed by atoms with Gasteiger partial charge in [-0.15, -0.1) is 6.58 Å². The van der Waals surface area contributed by atoms with Crippen LogP contribution in [0.3, 0.4) is 0 Å². The third kappa shape index (κ3) is 4.52. The molecule has 0 unspecified atom stereocenters. The van der Waals surface area contributed by atoms with Gasteiger partial charge in [0, 0.05) is 5.56 Å². The number of hydrogen-bond acceptors (Lipinski definition) is 6. The molecule has 2 aromatic rings. The zero-order chi connectivity index (χ0) is 23.3. The van der Waals surface area contributed by atoms with Crippen LogP contribution >= 0.6 is 0 Å². The summed E-state index contributed by atoms with van der Waals surface area (Å²) in [4.78, 5) is 38.8. The molecule has 1 fully saturated rings. The Morgan fingerprint density at radius 3 is 2.53 bits per heavy atom. The molecule has 0 aliphatic carbocycles. The normalized spacial score (nSPS) is 14.7. The molecule has 0 atom stereocenters. The van der Waals surface area contributed by atoms with Crippen molar-refractivity contribution in [2.75, 3.05) is 18.6 Å². The summed E-state index contributed by atoms with van der Waals surface area (Å²) in [6.45, 7) is 5.43. The minimum Gasteiger partial charge on any atom is -0.493 e. The molecule has 1 N–H and O–H groups in total. The Labute approximate surface area is 185 Å². The maximum Gasteiger partial charge on any atom is 0.335 e. The van der Waals surface area contributed by atoms with Gasteiger partial charge in [0.2, 0.25) is 0 Å². The number of hydrogen-bond donors (Lipinski definition) is 1. The lowest BCUT2D eigenvalue weighted by Crippen LogP contribution is -2.54. The number of nitrogens with zero attached hydrogens (tertiary/aromatic N) is 2. The van der Waals surface area contributed by atoms with E-state index in [1.807, 2.05) is 13.0 Å². The second-order valence-corrected chi connectivity index (χ2v) is 6.94. The van der Waals surface area contributed by atoms with E-state index in [2.05, 4.69) is 11.9 Å². The first kappa shape index (κ1) is 22.3. The van der Waals surface area contributed by atoms with Crippen molar-refractivity contribution in [3.63, 3.8) is 0 Å². The fourth-order valence-electron chi connectivity index (χ4n) is 3.25. The van der Waals surface area contributed by atoms with Gasteiger partial charge in [-0.05, 0) is 49.2 Å². The van der Waals surface area contributed by atoms with Crippen molar-refractivity contribution < 1.29 is 23.9 Å². The third-order valence-corrected chi connectivity index (χ3v) is 4.72. The van der Waals surface area contributed by atoms with Gasteiger partial charge in [-0.2, -0.15) is 5.26 Å². The number of benzene rings is 2. The lowest BCUT2D eigenvalue weighted by Gasteiger charge is -2.26. The van der Waals surface area contributed by atoms with Crippen molar-refractivity contribution in [3.8, 4) is 17.6 Å². The molecule has 1 aliphatic heterocycles. The maximum atomic E-state index is 13.1. The molecular weight excluding hydrogens is 410 g/mol. The van der Waals surface area contributed by atoms with Crippen molar-refractivity contribution in [3.05, 3.63) is 71.3 Å². The Balaban J connectivity index is 2.06. The summed E-state index contributed by atoms with van der Waals surface area (Å²) in [5.41, 5.74) is 2.26. The predicted octanol–water partition coefficient (Wildman–Crippen LogP) is 3.30. The second-order valence-electron chi connectivity index (χ2n) is 6.94. The van der Waals surface area contributed by atoms with Gasteiger partial charge in [0.05, 0.1) is 12.8 Å². The van der Waals surface area contributed by atoms with Crippen molar-refractivity contribution in [2.24, 2.45) is 0 Å². The fraction of sp³-hybridized carbons (Fsp3) is 0.167. The average Bonchev–Trinajstić information content (AvgIpc) is 2.77. The van der Waals surface area contributed by atoms with E-state index >= 15 is 0 Å². The number of aryl methyl sites for hydroxylation is 1. The number of carbonyl (C=O) groups excluding carboxylic acids is 3. The Bertz CT molecular complexity index is 1160. The van der Waals surface area contributed by atoms with E-state index in [-0.39, 0.29) is 12.2 Å². The van der Waals surface area contributed by atoms with Crippen LogP contribution in [0.25, 0.3) is 6.08 Å². The van der Waals surface area contributed by atoms with Gasteiger partial charge < -0.3 is 9.47 Å². The first-order chi connectivity index (χ1) is 15.4. The second kappa shape index (κ2) is 9.62. The van der Waals surface area contributed by atoms with Gasteiger partial charge in [0.15, 0.2) is 18.1 Å². The maximum absolute atomic E-state index is 13.1. The van der Waals surface area contributed by atoms with E-state index in [1.165, 1.54) is 13.2 Å². The summed E-state index contributed by atoms with van der Waals surface area (Å²) in [5.74, 6) is -0.817. The van der Waals surface area contributed by atoms with Gasteiger partial charge >= 0.3 is 6.03 Å². The summed E-state index contributed by atoms with van der Waals surface area (Å²) >= 11 is 0. The number of rotatable bonds is 7. The largest absolute Gasteiger partial charge is 0.493 e. The number of carbonyl (C=O) groups is 3. The van der Waals surface area contributed by atoms with Crippen molar-refractivity contribution in [2.45, 2.75) is 13.3 Å². The number of nitriles is 1. The highest BCUT2D eigenvalue weighted by Gasteiger charge is 2.36. The number of ether oxygens (including phenoxy) is 2. The average molecular weight is 431 g/mol. The van der Waals surface area contributed by atoms with Crippen LogP contribution in [0.5, 0.6) is 11.5 Å². The number of imide groups is 2. The SMILES string of the molecule is C=CCc1cc(/C=C2\C(=O)NC(=O)N(c3ccc(C)cc3)C2=O)cc(OC)c1OCC#N. The molecule has 0 bridgehead atoms. The summed E-state index contributed by atoms with van der Waals surface area (Å²) in [6.07, 6.45) is 3.44. The Hall–Kier alpha value is -4.38. The van der Waals surface area contributed by atoms with E-state index in [0.29, 0.717) is 34.7 Å². The molecule has 1 heterocycles. The fourth-order valence-corrected chi connectivity index (χ4v) is 3.25. The van der Waals surface area contributed by atoms with Crippen LogP contribution in [0.1, 0.15) is 16.7 Å². The van der Waals surface area contributed by atoms with E-state index in [0.717, 1.165) is 10.5 Å². The van der Waals surface area contributed by atoms with Gasteiger partial charge in [0.25, 0.3) is 11.8 Å². The molecule has 4 amide bonds. The van der Waals surface area contributed by atoms with Crippen LogP contribution in [0.15, 0.2) is 54.6 Å². The van der Waals surface area contributed by atoms with Crippen LogP contribution in [-0.4, -0.2) is 31.6 Å². The molecule has 2 aromatic carbocycles. The summed E-state index contributed by atoms with van der Waals surface area (Å²) in [5, 5.41) is 11.0. The van der Waals surface area contributed by atoms with Crippen LogP contribution in [0.2, 0.25) is 0 Å². The van der Waals surface area contributed by atoms with Crippen molar-refractivity contribution in [1.29, 1.82) is 5.26 Å².